The highest BCUT2D eigenvalue weighted by Crippen LogP contribution is 2.19. The van der Waals surface area contributed by atoms with Gasteiger partial charge in [0, 0.05) is 43.6 Å². The number of benzene rings is 1. The highest BCUT2D eigenvalue weighted by Gasteiger charge is 2.32. The molecular formula is C26H32N4O5. The van der Waals surface area contributed by atoms with Gasteiger partial charge in [-0.2, -0.15) is 0 Å². The maximum absolute atomic E-state index is 13.2. The lowest BCUT2D eigenvalue weighted by atomic mass is 9.87. The van der Waals surface area contributed by atoms with Gasteiger partial charge in [0.25, 0.3) is 5.91 Å². The summed E-state index contributed by atoms with van der Waals surface area (Å²) >= 11 is 0. The largest absolute Gasteiger partial charge is 0.445 e. The minimum atomic E-state index is -0.837. The number of rotatable bonds is 7. The maximum atomic E-state index is 13.2. The molecule has 9 nitrogen and oxygen atoms in total. The van der Waals surface area contributed by atoms with Crippen LogP contribution in [0.2, 0.25) is 0 Å². The molecule has 0 saturated heterocycles. The fourth-order valence-electron chi connectivity index (χ4n) is 3.99. The normalized spacial score (nSPS) is 17.5. The van der Waals surface area contributed by atoms with Crippen LogP contribution in [0.15, 0.2) is 42.6 Å². The molecule has 1 aliphatic rings. The number of nitrogens with one attached hydrogen (secondary N) is 2. The minimum Gasteiger partial charge on any atom is -0.445 e. The molecule has 2 aromatic rings. The molecule has 2 amide bonds. The monoisotopic (exact) mass is 480 g/mol. The number of hydrogen-bond donors (Lipinski definition) is 2. The van der Waals surface area contributed by atoms with Crippen LogP contribution < -0.4 is 10.6 Å². The number of hydrogen-bond acceptors (Lipinski definition) is 7. The second-order valence-corrected chi connectivity index (χ2v) is 9.02. The molecule has 2 N–H and O–H groups in total. The van der Waals surface area contributed by atoms with E-state index in [4.69, 9.17) is 4.74 Å². The van der Waals surface area contributed by atoms with Crippen molar-refractivity contribution in [3.8, 4) is 0 Å². The molecule has 0 spiro atoms. The molecule has 3 rings (SSSR count). The summed E-state index contributed by atoms with van der Waals surface area (Å²) in [5.74, 6) is -1.96. The predicted molar refractivity (Wildman–Crippen MR) is 128 cm³/mol. The van der Waals surface area contributed by atoms with E-state index in [9.17, 15) is 19.2 Å². The summed E-state index contributed by atoms with van der Waals surface area (Å²) in [5.41, 5.74) is 1.63. The topological polar surface area (TPSA) is 127 Å². The number of Topliss-reactive ketones (excluding diaryl/α,β-unsaturated/α-hetero) is 2. The average molecular weight is 481 g/mol. The van der Waals surface area contributed by atoms with Crippen molar-refractivity contribution in [2.45, 2.75) is 58.6 Å². The van der Waals surface area contributed by atoms with Gasteiger partial charge in [-0.3, -0.25) is 14.4 Å². The summed E-state index contributed by atoms with van der Waals surface area (Å²) in [6.07, 6.45) is 2.77. The Morgan fingerprint density at radius 1 is 1.14 bits per heavy atom. The van der Waals surface area contributed by atoms with Gasteiger partial charge in [-0.15, -0.1) is 0 Å². The molecule has 0 saturated carbocycles. The fourth-order valence-corrected chi connectivity index (χ4v) is 3.99. The third kappa shape index (κ3) is 7.98. The molecule has 1 aromatic heterocycles. The SMILES string of the molecule is CC(C)C(NC(=O)OCc1ccccc1)C(=O)CC1CCCc2nccc(n2)CCNC(=O)C1=O. The number of amides is 2. The zero-order valence-electron chi connectivity index (χ0n) is 20.2. The molecule has 2 unspecified atom stereocenters. The van der Waals surface area contributed by atoms with Crippen molar-refractivity contribution in [1.29, 1.82) is 0 Å². The van der Waals surface area contributed by atoms with Crippen molar-refractivity contribution in [3.63, 3.8) is 0 Å². The molecule has 2 heterocycles. The maximum Gasteiger partial charge on any atom is 0.408 e. The van der Waals surface area contributed by atoms with Crippen molar-refractivity contribution < 1.29 is 23.9 Å². The Kier molecular flexibility index (Phi) is 9.46. The summed E-state index contributed by atoms with van der Waals surface area (Å²) in [5, 5.41) is 5.26. The molecule has 0 aliphatic carbocycles. The smallest absolute Gasteiger partial charge is 0.408 e. The van der Waals surface area contributed by atoms with Crippen LogP contribution in [0.4, 0.5) is 4.79 Å². The van der Waals surface area contributed by atoms with Crippen molar-refractivity contribution in [1.82, 2.24) is 20.6 Å². The second kappa shape index (κ2) is 12.7. The van der Waals surface area contributed by atoms with E-state index in [0.717, 1.165) is 11.3 Å². The first-order valence-corrected chi connectivity index (χ1v) is 12.0. The number of aromatic nitrogens is 2. The van der Waals surface area contributed by atoms with Crippen molar-refractivity contribution >= 4 is 23.6 Å². The Balaban J connectivity index is 1.63. The van der Waals surface area contributed by atoms with Crippen LogP contribution >= 0.6 is 0 Å². The molecule has 0 radical (unpaired) electrons. The zero-order chi connectivity index (χ0) is 25.2. The van der Waals surface area contributed by atoms with E-state index >= 15 is 0 Å². The van der Waals surface area contributed by atoms with Crippen LogP contribution in [-0.4, -0.2) is 46.1 Å². The van der Waals surface area contributed by atoms with E-state index in [1.165, 1.54) is 0 Å². The highest BCUT2D eigenvalue weighted by molar-refractivity contribution is 6.37. The molecular weight excluding hydrogens is 448 g/mol. The number of aryl methyl sites for hydroxylation is 1. The van der Waals surface area contributed by atoms with Crippen molar-refractivity contribution in [3.05, 3.63) is 59.7 Å². The van der Waals surface area contributed by atoms with E-state index < -0.39 is 29.7 Å². The van der Waals surface area contributed by atoms with Gasteiger partial charge in [0.1, 0.15) is 12.4 Å². The molecule has 35 heavy (non-hydrogen) atoms. The third-order valence-electron chi connectivity index (χ3n) is 5.92. The van der Waals surface area contributed by atoms with Gasteiger partial charge in [-0.05, 0) is 30.4 Å². The summed E-state index contributed by atoms with van der Waals surface area (Å²) in [7, 11) is 0. The Morgan fingerprint density at radius 3 is 2.66 bits per heavy atom. The second-order valence-electron chi connectivity index (χ2n) is 9.02. The lowest BCUT2D eigenvalue weighted by Crippen LogP contribution is -2.46. The number of fused-ring (bicyclic) bond motifs is 2. The van der Waals surface area contributed by atoms with E-state index in [1.807, 2.05) is 30.3 Å². The van der Waals surface area contributed by atoms with Gasteiger partial charge in [-0.25, -0.2) is 14.8 Å². The molecule has 186 valence electrons. The lowest BCUT2D eigenvalue weighted by molar-refractivity contribution is -0.141. The Hall–Kier alpha value is -3.62. The van der Waals surface area contributed by atoms with E-state index in [2.05, 4.69) is 20.6 Å². The minimum absolute atomic E-state index is 0.0796. The number of alkyl carbamates (subject to hydrolysis) is 1. The molecule has 1 aliphatic heterocycles. The average Bonchev–Trinajstić information content (AvgIpc) is 2.85. The molecule has 2 atom stereocenters. The summed E-state index contributed by atoms with van der Waals surface area (Å²) in [4.78, 5) is 59.6. The van der Waals surface area contributed by atoms with Gasteiger partial charge in [0.05, 0.1) is 6.04 Å². The number of ether oxygens (including phenoxy) is 1. The first-order chi connectivity index (χ1) is 16.8. The number of carbonyl (C=O) groups is 4. The number of ketones is 2. The number of carbonyl (C=O) groups excluding carboxylic acids is 4. The van der Waals surface area contributed by atoms with Crippen LogP contribution in [0.1, 0.15) is 50.2 Å². The molecule has 2 bridgehead atoms. The predicted octanol–water partition coefficient (Wildman–Crippen LogP) is 2.57. The van der Waals surface area contributed by atoms with Gasteiger partial charge >= 0.3 is 6.09 Å². The van der Waals surface area contributed by atoms with Gasteiger partial charge < -0.3 is 15.4 Å². The highest BCUT2D eigenvalue weighted by atomic mass is 16.5. The quantitative estimate of drug-likeness (QED) is 0.583. The molecule has 1 aromatic carbocycles. The first kappa shape index (κ1) is 26.0. The van der Waals surface area contributed by atoms with Gasteiger partial charge in [0.15, 0.2) is 5.78 Å². The van der Waals surface area contributed by atoms with E-state index in [1.54, 1.807) is 26.1 Å². The van der Waals surface area contributed by atoms with E-state index in [0.29, 0.717) is 31.5 Å². The van der Waals surface area contributed by atoms with Crippen molar-refractivity contribution in [2.75, 3.05) is 6.54 Å². The summed E-state index contributed by atoms with van der Waals surface area (Å²) in [6, 6.07) is 10.2. The van der Waals surface area contributed by atoms with Crippen LogP contribution in [0.3, 0.4) is 0 Å². The van der Waals surface area contributed by atoms with Crippen LogP contribution in [0, 0.1) is 11.8 Å². The Morgan fingerprint density at radius 2 is 1.91 bits per heavy atom. The van der Waals surface area contributed by atoms with E-state index in [-0.39, 0.29) is 31.3 Å². The Bertz CT molecular complexity index is 1040. The van der Waals surface area contributed by atoms with Crippen LogP contribution in [-0.2, 0) is 38.6 Å². The van der Waals surface area contributed by atoms with Crippen molar-refractivity contribution in [2.24, 2.45) is 11.8 Å². The lowest BCUT2D eigenvalue weighted by Gasteiger charge is -2.23. The molecule has 9 heteroatoms. The molecule has 0 fully saturated rings. The van der Waals surface area contributed by atoms with Gasteiger partial charge in [0.2, 0.25) is 5.78 Å². The van der Waals surface area contributed by atoms with Gasteiger partial charge in [-0.1, -0.05) is 44.2 Å². The zero-order valence-corrected chi connectivity index (χ0v) is 20.2. The summed E-state index contributed by atoms with van der Waals surface area (Å²) in [6.45, 7) is 3.96. The standard InChI is InChI=1S/C26H32N4O5/c1-17(2)23(30-26(34)35-16-18-7-4-3-5-8-18)21(31)15-19-9-6-10-22-27-13-11-20(29-22)12-14-28-25(33)24(19)32/h3-5,7-8,11,13,17,19,23H,6,9-10,12,14-16H2,1-2H3,(H,28,33)(H,30,34). The van der Waals surface area contributed by atoms with Crippen LogP contribution in [0.25, 0.3) is 0 Å². The fraction of sp³-hybridized carbons (Fsp3) is 0.462. The summed E-state index contributed by atoms with van der Waals surface area (Å²) < 4.78 is 5.25. The first-order valence-electron chi connectivity index (χ1n) is 12.0. The van der Waals surface area contributed by atoms with Crippen LogP contribution in [0.5, 0.6) is 0 Å². The number of nitrogens with zero attached hydrogens (tertiary/aromatic N) is 2. The Labute approximate surface area is 205 Å². The third-order valence-corrected chi connectivity index (χ3v) is 5.92.